The Morgan fingerprint density at radius 2 is 2.44 bits per heavy atom. The summed E-state index contributed by atoms with van der Waals surface area (Å²) in [4.78, 5) is 25.2. The minimum atomic E-state index is -1.04. The lowest BCUT2D eigenvalue weighted by molar-refractivity contribution is -0.385. The largest absolute Gasteiger partial charge is 0.465 e. The van der Waals surface area contributed by atoms with Crippen LogP contribution >= 0.6 is 12.6 Å². The number of pyridine rings is 1. The van der Waals surface area contributed by atoms with E-state index in [0.717, 1.165) is 0 Å². The van der Waals surface area contributed by atoms with Crippen LogP contribution in [-0.2, 0) is 9.53 Å². The normalized spacial score (nSPS) is 11.9. The lowest BCUT2D eigenvalue weighted by Gasteiger charge is -2.08. The molecule has 0 fully saturated rings. The number of carbonyl (C=O) groups excluding carboxylic acids is 1. The Hall–Kier alpha value is -1.63. The molecule has 0 bridgehead atoms. The molecule has 1 atom stereocenters. The van der Waals surface area contributed by atoms with Gasteiger partial charge in [-0.3, -0.25) is 19.9 Å². The molecule has 0 radical (unpaired) electrons. The monoisotopic (exact) mass is 242 g/mol. The molecular formula is C9H10N2O4S. The van der Waals surface area contributed by atoms with Crippen LogP contribution < -0.4 is 0 Å². The van der Waals surface area contributed by atoms with E-state index in [2.05, 4.69) is 17.6 Å². The standard InChI is InChI=1S/C9H10N2O4S/c1-2-15-9(12)8(16)7-6(11(13)14)4-3-5-10-7/h3-5,8,16H,2H2,1H3. The first-order valence-corrected chi connectivity index (χ1v) is 5.03. The Labute approximate surface area is 97.2 Å². The zero-order valence-corrected chi connectivity index (χ0v) is 9.39. The topological polar surface area (TPSA) is 82.3 Å². The zero-order valence-electron chi connectivity index (χ0n) is 8.49. The summed E-state index contributed by atoms with van der Waals surface area (Å²) in [5.41, 5.74) is -0.246. The summed E-state index contributed by atoms with van der Waals surface area (Å²) >= 11 is 3.97. The molecule has 0 aliphatic carbocycles. The van der Waals surface area contributed by atoms with Crippen molar-refractivity contribution in [2.24, 2.45) is 0 Å². The molecule has 0 aliphatic rings. The van der Waals surface area contributed by atoms with Crippen LogP contribution in [0.3, 0.4) is 0 Å². The van der Waals surface area contributed by atoms with E-state index >= 15 is 0 Å². The van der Waals surface area contributed by atoms with Crippen molar-refractivity contribution >= 4 is 24.3 Å². The third kappa shape index (κ3) is 2.69. The van der Waals surface area contributed by atoms with E-state index in [1.807, 2.05) is 0 Å². The van der Waals surface area contributed by atoms with Gasteiger partial charge in [0.05, 0.1) is 11.5 Å². The van der Waals surface area contributed by atoms with Crippen LogP contribution in [0.2, 0.25) is 0 Å². The fourth-order valence-electron chi connectivity index (χ4n) is 1.11. The SMILES string of the molecule is CCOC(=O)C(S)c1ncccc1[N+](=O)[O-]. The van der Waals surface area contributed by atoms with E-state index in [9.17, 15) is 14.9 Å². The Morgan fingerprint density at radius 3 is 3.00 bits per heavy atom. The molecule has 0 N–H and O–H groups in total. The molecule has 1 rings (SSSR count). The van der Waals surface area contributed by atoms with Crippen LogP contribution in [-0.4, -0.2) is 22.5 Å². The van der Waals surface area contributed by atoms with Gasteiger partial charge < -0.3 is 4.74 Å². The van der Waals surface area contributed by atoms with Gasteiger partial charge in [-0.1, -0.05) is 0 Å². The lowest BCUT2D eigenvalue weighted by Crippen LogP contribution is -2.13. The maximum Gasteiger partial charge on any atom is 0.325 e. The highest BCUT2D eigenvalue weighted by Crippen LogP contribution is 2.27. The van der Waals surface area contributed by atoms with Gasteiger partial charge in [-0.25, -0.2) is 0 Å². The van der Waals surface area contributed by atoms with E-state index in [4.69, 9.17) is 4.74 Å². The van der Waals surface area contributed by atoms with E-state index in [1.54, 1.807) is 6.92 Å². The summed E-state index contributed by atoms with van der Waals surface area (Å²) in [6, 6.07) is 2.69. The number of hydrogen-bond donors (Lipinski definition) is 1. The van der Waals surface area contributed by atoms with Crippen LogP contribution in [0.25, 0.3) is 0 Å². The molecule has 0 amide bonds. The number of thiol groups is 1. The van der Waals surface area contributed by atoms with Gasteiger partial charge in [-0.15, -0.1) is 0 Å². The predicted molar refractivity (Wildman–Crippen MR) is 59.3 cm³/mol. The number of nitro groups is 1. The van der Waals surface area contributed by atoms with E-state index in [0.29, 0.717) is 0 Å². The summed E-state index contributed by atoms with van der Waals surface area (Å²) in [7, 11) is 0. The fraction of sp³-hybridized carbons (Fsp3) is 0.333. The van der Waals surface area contributed by atoms with Gasteiger partial charge >= 0.3 is 5.97 Å². The Kier molecular flexibility index (Phi) is 4.24. The molecular weight excluding hydrogens is 232 g/mol. The number of esters is 1. The molecule has 0 aromatic carbocycles. The van der Waals surface area contributed by atoms with Gasteiger partial charge in [0.15, 0.2) is 0 Å². The second kappa shape index (κ2) is 5.45. The minimum Gasteiger partial charge on any atom is -0.465 e. The molecule has 0 aliphatic heterocycles. The highest BCUT2D eigenvalue weighted by atomic mass is 32.1. The second-order valence-corrected chi connectivity index (χ2v) is 3.34. The third-order valence-corrected chi connectivity index (χ3v) is 2.24. The molecule has 1 aromatic heterocycles. The number of rotatable bonds is 4. The smallest absolute Gasteiger partial charge is 0.325 e. The van der Waals surface area contributed by atoms with Crippen molar-refractivity contribution in [1.82, 2.24) is 4.98 Å². The van der Waals surface area contributed by atoms with Crippen LogP contribution in [0.1, 0.15) is 17.9 Å². The van der Waals surface area contributed by atoms with E-state index in [1.165, 1.54) is 18.3 Å². The van der Waals surface area contributed by atoms with Crippen LogP contribution in [0.15, 0.2) is 18.3 Å². The van der Waals surface area contributed by atoms with Gasteiger partial charge in [-0.2, -0.15) is 12.6 Å². The van der Waals surface area contributed by atoms with Crippen molar-refractivity contribution in [2.75, 3.05) is 6.61 Å². The molecule has 0 spiro atoms. The average Bonchev–Trinajstić information content (AvgIpc) is 2.28. The molecule has 6 nitrogen and oxygen atoms in total. The van der Waals surface area contributed by atoms with Crippen molar-refractivity contribution in [3.05, 3.63) is 34.1 Å². The molecule has 86 valence electrons. The maximum absolute atomic E-state index is 11.4. The molecule has 0 saturated carbocycles. The van der Waals surface area contributed by atoms with Crippen molar-refractivity contribution in [3.63, 3.8) is 0 Å². The van der Waals surface area contributed by atoms with Gasteiger partial charge in [0.25, 0.3) is 5.69 Å². The summed E-state index contributed by atoms with van der Waals surface area (Å²) in [6.07, 6.45) is 1.37. The van der Waals surface area contributed by atoms with Crippen LogP contribution in [0, 0.1) is 10.1 Å². The highest BCUT2D eigenvalue weighted by Gasteiger charge is 2.27. The molecule has 1 aromatic rings. The first-order valence-electron chi connectivity index (χ1n) is 4.52. The highest BCUT2D eigenvalue weighted by molar-refractivity contribution is 7.81. The van der Waals surface area contributed by atoms with Crippen molar-refractivity contribution < 1.29 is 14.5 Å². The quantitative estimate of drug-likeness (QED) is 0.374. The lowest BCUT2D eigenvalue weighted by atomic mass is 10.2. The molecule has 1 unspecified atom stereocenters. The number of nitrogens with zero attached hydrogens (tertiary/aromatic N) is 2. The van der Waals surface area contributed by atoms with E-state index < -0.39 is 16.1 Å². The van der Waals surface area contributed by atoms with E-state index in [-0.39, 0.29) is 18.0 Å². The van der Waals surface area contributed by atoms with Crippen LogP contribution in [0.5, 0.6) is 0 Å². The second-order valence-electron chi connectivity index (χ2n) is 2.82. The van der Waals surface area contributed by atoms with Gasteiger partial charge in [0.2, 0.25) is 0 Å². The van der Waals surface area contributed by atoms with Gasteiger partial charge in [0, 0.05) is 12.3 Å². The number of aromatic nitrogens is 1. The van der Waals surface area contributed by atoms with Crippen molar-refractivity contribution in [2.45, 2.75) is 12.2 Å². The maximum atomic E-state index is 11.4. The predicted octanol–water partition coefficient (Wildman–Crippen LogP) is 1.52. The summed E-state index contributed by atoms with van der Waals surface area (Å²) in [5.74, 6) is -0.646. The average molecular weight is 242 g/mol. The van der Waals surface area contributed by atoms with Gasteiger partial charge in [0.1, 0.15) is 10.9 Å². The van der Waals surface area contributed by atoms with Crippen molar-refractivity contribution in [3.8, 4) is 0 Å². The molecule has 0 saturated heterocycles. The van der Waals surface area contributed by atoms with Gasteiger partial charge in [-0.05, 0) is 13.0 Å². The van der Waals surface area contributed by atoms with Crippen molar-refractivity contribution in [1.29, 1.82) is 0 Å². The number of ether oxygens (including phenoxy) is 1. The number of carbonyl (C=O) groups is 1. The third-order valence-electron chi connectivity index (χ3n) is 1.78. The molecule has 1 heterocycles. The summed E-state index contributed by atoms with van der Waals surface area (Å²) in [5, 5.41) is 9.65. The zero-order chi connectivity index (χ0) is 12.1. The fourth-order valence-corrected chi connectivity index (χ4v) is 1.38. The number of hydrogen-bond acceptors (Lipinski definition) is 6. The Balaban J connectivity index is 3.03. The Morgan fingerprint density at radius 1 is 1.75 bits per heavy atom. The Bertz CT molecular complexity index is 410. The summed E-state index contributed by atoms with van der Waals surface area (Å²) in [6.45, 7) is 1.84. The summed E-state index contributed by atoms with van der Waals surface area (Å²) < 4.78 is 4.71. The first kappa shape index (κ1) is 12.4. The molecule has 7 heteroatoms. The minimum absolute atomic E-state index is 0.00529. The van der Waals surface area contributed by atoms with Crippen LogP contribution in [0.4, 0.5) is 5.69 Å². The first-order chi connectivity index (χ1) is 7.57. The molecule has 16 heavy (non-hydrogen) atoms.